The molecule has 2 aliphatic heterocycles. The molecule has 2 fully saturated rings. The topological polar surface area (TPSA) is 305 Å². The monoisotopic (exact) mass is 786 g/mol. The molecule has 0 saturated carbocycles. The van der Waals surface area contributed by atoms with Gasteiger partial charge in [0.05, 0.1) is 20.3 Å². The highest BCUT2D eigenvalue weighted by Crippen LogP contribution is 2.38. The van der Waals surface area contributed by atoms with E-state index in [1.54, 1.807) is 0 Å². The number of hydrogen-bond donors (Lipinski definition) is 10. The molecule has 6 rings (SSSR count). The first-order valence-corrected chi connectivity index (χ1v) is 16.9. The van der Waals surface area contributed by atoms with Crippen LogP contribution in [-0.2, 0) is 19.0 Å². The summed E-state index contributed by atoms with van der Waals surface area (Å²) in [4.78, 5) is 27.1. The van der Waals surface area contributed by atoms with Gasteiger partial charge < -0.3 is 83.9 Å². The summed E-state index contributed by atoms with van der Waals surface area (Å²) in [7, 11) is 1.33. The molecule has 56 heavy (non-hydrogen) atoms. The van der Waals surface area contributed by atoms with E-state index in [4.69, 9.17) is 32.8 Å². The Hall–Kier alpha value is -5.48. The van der Waals surface area contributed by atoms with Crippen LogP contribution in [0.5, 0.6) is 34.5 Å². The van der Waals surface area contributed by atoms with Gasteiger partial charge in [-0.05, 0) is 48.0 Å². The highest BCUT2D eigenvalue weighted by molar-refractivity contribution is 5.89. The average Bonchev–Trinajstić information content (AvgIpc) is 3.18. The van der Waals surface area contributed by atoms with Crippen molar-refractivity contribution in [3.05, 3.63) is 76.5 Å². The number of esters is 1. The zero-order valence-corrected chi connectivity index (χ0v) is 29.2. The SMILES string of the molecule is COc1cc(/C=C/C(=O)O[C@H]2[C@H](Oc3c(-c4ccc(O[C@@H]5O[C@H](CO)[C@@H](O)[C@H](O)[C@H]5O)cc4)oc4cc(O)cc(O)c4c3=O)O[C@H](CO)[C@@H](O)[C@@H]2O)ccc1O. The van der Waals surface area contributed by atoms with Crippen molar-refractivity contribution in [3.63, 3.8) is 0 Å². The van der Waals surface area contributed by atoms with E-state index in [2.05, 4.69) is 0 Å². The second kappa shape index (κ2) is 16.7. The van der Waals surface area contributed by atoms with Crippen molar-refractivity contribution in [1.29, 1.82) is 0 Å². The summed E-state index contributed by atoms with van der Waals surface area (Å²) in [6.45, 7) is -1.54. The van der Waals surface area contributed by atoms with E-state index in [1.165, 1.54) is 55.7 Å². The van der Waals surface area contributed by atoms with Gasteiger partial charge in [-0.3, -0.25) is 4.79 Å². The van der Waals surface area contributed by atoms with Crippen LogP contribution in [0.2, 0.25) is 0 Å². The fraction of sp³-hybridized carbons (Fsp3) is 0.351. The molecule has 300 valence electrons. The number of aliphatic hydroxyl groups is 7. The van der Waals surface area contributed by atoms with E-state index < -0.39 is 109 Å². The van der Waals surface area contributed by atoms with Crippen molar-refractivity contribution in [3.8, 4) is 45.8 Å². The fourth-order valence-corrected chi connectivity index (χ4v) is 6.08. The first kappa shape index (κ1) is 40.2. The number of phenols is 3. The number of carbonyl (C=O) groups excluding carboxylic acids is 1. The van der Waals surface area contributed by atoms with E-state index in [0.29, 0.717) is 5.56 Å². The Morgan fingerprint density at radius 1 is 0.768 bits per heavy atom. The van der Waals surface area contributed by atoms with E-state index >= 15 is 0 Å². The minimum absolute atomic E-state index is 0.0308. The Labute approximate surface area is 315 Å². The van der Waals surface area contributed by atoms with Crippen molar-refractivity contribution >= 4 is 23.0 Å². The largest absolute Gasteiger partial charge is 0.508 e. The van der Waals surface area contributed by atoms with Gasteiger partial charge in [0.1, 0.15) is 70.9 Å². The predicted molar refractivity (Wildman–Crippen MR) is 188 cm³/mol. The molecule has 0 unspecified atom stereocenters. The van der Waals surface area contributed by atoms with Crippen molar-refractivity contribution in [2.45, 2.75) is 61.4 Å². The molecule has 0 amide bonds. The van der Waals surface area contributed by atoms with Crippen LogP contribution in [0.4, 0.5) is 0 Å². The smallest absolute Gasteiger partial charge is 0.331 e. The van der Waals surface area contributed by atoms with Crippen LogP contribution >= 0.6 is 0 Å². The van der Waals surface area contributed by atoms with Gasteiger partial charge in [0.15, 0.2) is 23.4 Å². The van der Waals surface area contributed by atoms with Gasteiger partial charge in [-0.25, -0.2) is 4.79 Å². The lowest BCUT2D eigenvalue weighted by molar-refractivity contribution is -0.281. The van der Waals surface area contributed by atoms with Crippen molar-refractivity contribution < 1.29 is 88.7 Å². The van der Waals surface area contributed by atoms with Gasteiger partial charge in [-0.15, -0.1) is 0 Å². The summed E-state index contributed by atoms with van der Waals surface area (Å²) >= 11 is 0. The number of methoxy groups -OCH3 is 1. The van der Waals surface area contributed by atoms with Gasteiger partial charge in [0.2, 0.25) is 23.8 Å². The van der Waals surface area contributed by atoms with Gasteiger partial charge in [-0.1, -0.05) is 6.07 Å². The molecule has 0 bridgehead atoms. The van der Waals surface area contributed by atoms with Crippen LogP contribution in [0, 0.1) is 0 Å². The third-order valence-electron chi connectivity index (χ3n) is 9.06. The van der Waals surface area contributed by atoms with Crippen LogP contribution in [0.3, 0.4) is 0 Å². The average molecular weight is 787 g/mol. The Balaban J connectivity index is 1.34. The molecular formula is C37H38O19. The lowest BCUT2D eigenvalue weighted by Gasteiger charge is -2.41. The lowest BCUT2D eigenvalue weighted by Crippen LogP contribution is -2.61. The maximum absolute atomic E-state index is 14.0. The van der Waals surface area contributed by atoms with Crippen LogP contribution in [-0.4, -0.2) is 139 Å². The molecule has 1 aromatic heterocycles. The van der Waals surface area contributed by atoms with Gasteiger partial charge in [-0.2, -0.15) is 0 Å². The molecule has 19 heteroatoms. The fourth-order valence-electron chi connectivity index (χ4n) is 6.08. The maximum Gasteiger partial charge on any atom is 0.331 e. The molecule has 2 aliphatic rings. The predicted octanol–water partition coefficient (Wildman–Crippen LogP) is -0.793. The Morgan fingerprint density at radius 2 is 1.43 bits per heavy atom. The third kappa shape index (κ3) is 8.07. The number of fused-ring (bicyclic) bond motifs is 1. The molecule has 0 aliphatic carbocycles. The highest BCUT2D eigenvalue weighted by atomic mass is 16.7. The first-order valence-electron chi connectivity index (χ1n) is 16.9. The molecule has 10 N–H and O–H groups in total. The van der Waals surface area contributed by atoms with Crippen molar-refractivity contribution in [2.75, 3.05) is 20.3 Å². The zero-order valence-electron chi connectivity index (χ0n) is 29.2. The van der Waals surface area contributed by atoms with Crippen LogP contribution in [0.15, 0.2) is 69.9 Å². The second-order valence-electron chi connectivity index (χ2n) is 12.8. The van der Waals surface area contributed by atoms with Crippen LogP contribution in [0.25, 0.3) is 28.4 Å². The molecular weight excluding hydrogens is 748 g/mol. The number of aromatic hydroxyl groups is 3. The third-order valence-corrected chi connectivity index (χ3v) is 9.06. The number of phenolic OH excluding ortho intramolecular Hbond substituents is 3. The summed E-state index contributed by atoms with van der Waals surface area (Å²) < 4.78 is 39.1. The number of hydrogen-bond acceptors (Lipinski definition) is 19. The normalized spacial score (nSPS) is 27.9. The Bertz CT molecular complexity index is 2110. The van der Waals surface area contributed by atoms with Crippen molar-refractivity contribution in [1.82, 2.24) is 0 Å². The summed E-state index contributed by atoms with van der Waals surface area (Å²) in [5.74, 6) is -3.30. The molecule has 4 aromatic rings. The molecule has 0 spiro atoms. The first-order chi connectivity index (χ1) is 26.7. The molecule has 0 radical (unpaired) electrons. The maximum atomic E-state index is 14.0. The summed E-state index contributed by atoms with van der Waals surface area (Å²) in [6.07, 6.45) is -14.6. The highest BCUT2D eigenvalue weighted by Gasteiger charge is 2.49. The zero-order chi connectivity index (χ0) is 40.4. The summed E-state index contributed by atoms with van der Waals surface area (Å²) in [6, 6.07) is 11.5. The number of aliphatic hydroxyl groups excluding tert-OH is 7. The number of rotatable bonds is 11. The van der Waals surface area contributed by atoms with Gasteiger partial charge in [0, 0.05) is 23.8 Å². The van der Waals surface area contributed by atoms with Gasteiger partial charge in [0.25, 0.3) is 0 Å². The standard InChI is InChI=1S/C37H38O19/c1-50-21-10-15(2-8-19(21)41)3-9-25(43)55-35-31(48)28(45)24(14-39)54-37(35)56-34-29(46)26-20(42)11-17(40)12-22(26)52-33(34)16-4-6-18(7-5-16)51-36-32(49)30(47)27(44)23(13-38)53-36/h2-12,23-24,27-28,30-32,35-42,44-45,47-49H,13-14H2,1H3/b9-3+/t23-,24-,27-,28-,30+,31+,32-,35-,36-,37+/m1/s1. The molecule has 19 nitrogen and oxygen atoms in total. The van der Waals surface area contributed by atoms with E-state index in [9.17, 15) is 60.7 Å². The minimum Gasteiger partial charge on any atom is -0.508 e. The lowest BCUT2D eigenvalue weighted by atomic mass is 9.99. The number of benzene rings is 3. The van der Waals surface area contributed by atoms with E-state index in [-0.39, 0.29) is 34.2 Å². The second-order valence-corrected chi connectivity index (χ2v) is 12.8. The van der Waals surface area contributed by atoms with Crippen molar-refractivity contribution in [2.24, 2.45) is 0 Å². The van der Waals surface area contributed by atoms with Crippen LogP contribution < -0.4 is 19.6 Å². The minimum atomic E-state index is -1.95. The molecule has 2 saturated heterocycles. The summed E-state index contributed by atoms with van der Waals surface area (Å²) in [5.41, 5.74) is -0.849. The quantitative estimate of drug-likeness (QED) is 0.0658. The summed E-state index contributed by atoms with van der Waals surface area (Å²) in [5, 5.41) is 102. The Kier molecular flexibility index (Phi) is 12.0. The number of carbonyl (C=O) groups is 1. The van der Waals surface area contributed by atoms with Gasteiger partial charge >= 0.3 is 5.97 Å². The van der Waals surface area contributed by atoms with Crippen LogP contribution in [0.1, 0.15) is 5.56 Å². The number of ether oxygens (including phenoxy) is 6. The van der Waals surface area contributed by atoms with E-state index in [0.717, 1.165) is 18.2 Å². The Morgan fingerprint density at radius 3 is 2.09 bits per heavy atom. The molecule has 3 aromatic carbocycles. The van der Waals surface area contributed by atoms with E-state index in [1.807, 2.05) is 0 Å². The molecule has 3 heterocycles. The molecule has 10 atom stereocenters.